The first-order valence-electron chi connectivity index (χ1n) is 10.4. The molecule has 1 fully saturated rings. The van der Waals surface area contributed by atoms with E-state index in [9.17, 15) is 5.11 Å². The molecule has 4 N–H and O–H groups in total. The smallest absolute Gasteiger partial charge is 0.162 e. The van der Waals surface area contributed by atoms with Crippen molar-refractivity contribution >= 4 is 5.82 Å². The molecule has 0 bridgehead atoms. The Bertz CT molecular complexity index is 989. The number of nitrogens with zero attached hydrogens (tertiary/aromatic N) is 3. The number of aromatic nitrogens is 4. The summed E-state index contributed by atoms with van der Waals surface area (Å²) >= 11 is 0. The summed E-state index contributed by atoms with van der Waals surface area (Å²) in [6.45, 7) is 4.07. The molecule has 0 aliphatic carbocycles. The van der Waals surface area contributed by atoms with Gasteiger partial charge in [0, 0.05) is 30.5 Å². The summed E-state index contributed by atoms with van der Waals surface area (Å²) in [5, 5.41) is 23.5. The van der Waals surface area contributed by atoms with E-state index >= 15 is 0 Å². The Kier molecular flexibility index (Phi) is 6.76. The lowest BCUT2D eigenvalue weighted by Crippen LogP contribution is -2.29. The van der Waals surface area contributed by atoms with Crippen LogP contribution in [0.5, 0.6) is 5.75 Å². The molecule has 9 nitrogen and oxygen atoms in total. The number of ether oxygens (including phenoxy) is 2. The van der Waals surface area contributed by atoms with E-state index < -0.39 is 6.10 Å². The highest BCUT2D eigenvalue weighted by molar-refractivity contribution is 5.70. The molecule has 0 amide bonds. The molecule has 2 aromatic heterocycles. The molecule has 1 unspecified atom stereocenters. The highest BCUT2D eigenvalue weighted by Crippen LogP contribution is 2.30. The second kappa shape index (κ2) is 9.86. The van der Waals surface area contributed by atoms with Gasteiger partial charge in [0.2, 0.25) is 0 Å². The van der Waals surface area contributed by atoms with Crippen molar-refractivity contribution in [2.45, 2.75) is 25.5 Å². The van der Waals surface area contributed by atoms with Crippen molar-refractivity contribution in [2.24, 2.45) is 0 Å². The van der Waals surface area contributed by atoms with Gasteiger partial charge in [0.05, 0.1) is 18.3 Å². The third-order valence-electron chi connectivity index (χ3n) is 5.13. The fraction of sp³-hybridized carbons (Fsp3) is 0.409. The molecule has 1 aromatic carbocycles. The van der Waals surface area contributed by atoms with E-state index in [1.807, 2.05) is 37.3 Å². The number of benzene rings is 1. The average Bonchev–Trinajstić information content (AvgIpc) is 3.49. The van der Waals surface area contributed by atoms with Gasteiger partial charge in [-0.2, -0.15) is 5.10 Å². The number of aliphatic hydroxyl groups excluding tert-OH is 1. The third kappa shape index (κ3) is 5.19. The van der Waals surface area contributed by atoms with Crippen LogP contribution in [-0.4, -0.2) is 70.8 Å². The highest BCUT2D eigenvalue weighted by atomic mass is 16.5. The van der Waals surface area contributed by atoms with Crippen LogP contribution in [0.15, 0.2) is 36.5 Å². The van der Waals surface area contributed by atoms with Gasteiger partial charge < -0.3 is 25.2 Å². The number of hydrogen-bond donors (Lipinski definition) is 4. The molecule has 31 heavy (non-hydrogen) atoms. The first-order chi connectivity index (χ1) is 15.1. The Morgan fingerprint density at radius 3 is 2.97 bits per heavy atom. The van der Waals surface area contributed by atoms with Crippen LogP contribution in [0, 0.1) is 6.92 Å². The van der Waals surface area contributed by atoms with Crippen LogP contribution in [0.25, 0.3) is 22.8 Å². The van der Waals surface area contributed by atoms with Gasteiger partial charge in [-0.05, 0) is 38.6 Å². The van der Waals surface area contributed by atoms with Gasteiger partial charge in [0.25, 0.3) is 0 Å². The normalized spacial score (nSPS) is 16.9. The van der Waals surface area contributed by atoms with Crippen LogP contribution in [-0.2, 0) is 4.74 Å². The lowest BCUT2D eigenvalue weighted by Gasteiger charge is -2.17. The molecule has 3 heterocycles. The fourth-order valence-electron chi connectivity index (χ4n) is 3.48. The monoisotopic (exact) mass is 424 g/mol. The first kappa shape index (κ1) is 21.2. The standard InChI is InChI=1S/C22H28N6O3/c1-14-20(19-6-8-24-28-19)26-22(27-21(14)25-16-7-9-30-12-16)15-4-3-5-18(10-15)31-13-17(29)11-23-2/h3-6,8,10,16-17,23,29H,7,9,11-13H2,1-2H3,(H,24,28)(H,25,26,27)/t16-,17?/m1/s1. The Morgan fingerprint density at radius 2 is 2.23 bits per heavy atom. The highest BCUT2D eigenvalue weighted by Gasteiger charge is 2.20. The molecule has 9 heteroatoms. The summed E-state index contributed by atoms with van der Waals surface area (Å²) in [5.74, 6) is 2.00. The molecule has 0 saturated carbocycles. The van der Waals surface area contributed by atoms with Crippen molar-refractivity contribution in [3.63, 3.8) is 0 Å². The van der Waals surface area contributed by atoms with Crippen LogP contribution >= 0.6 is 0 Å². The van der Waals surface area contributed by atoms with Crippen LogP contribution in [0.3, 0.4) is 0 Å². The average molecular weight is 425 g/mol. The van der Waals surface area contributed by atoms with E-state index in [1.54, 1.807) is 13.2 Å². The van der Waals surface area contributed by atoms with Crippen molar-refractivity contribution in [1.82, 2.24) is 25.5 Å². The van der Waals surface area contributed by atoms with Crippen molar-refractivity contribution < 1.29 is 14.6 Å². The van der Waals surface area contributed by atoms with E-state index in [0.29, 0.717) is 24.7 Å². The summed E-state index contributed by atoms with van der Waals surface area (Å²) in [6.07, 6.45) is 2.13. The predicted molar refractivity (Wildman–Crippen MR) is 118 cm³/mol. The van der Waals surface area contributed by atoms with Crippen LogP contribution in [0.2, 0.25) is 0 Å². The molecule has 2 atom stereocenters. The Hall–Kier alpha value is -3.01. The van der Waals surface area contributed by atoms with Crippen molar-refractivity contribution in [2.75, 3.05) is 38.7 Å². The molecule has 1 aliphatic rings. The zero-order valence-corrected chi connectivity index (χ0v) is 17.8. The number of aromatic amines is 1. The van der Waals surface area contributed by atoms with E-state index in [4.69, 9.17) is 19.4 Å². The molecule has 1 saturated heterocycles. The zero-order valence-electron chi connectivity index (χ0n) is 17.8. The third-order valence-corrected chi connectivity index (χ3v) is 5.13. The van der Waals surface area contributed by atoms with Crippen LogP contribution in [0.1, 0.15) is 12.0 Å². The summed E-state index contributed by atoms with van der Waals surface area (Å²) in [4.78, 5) is 9.62. The number of likely N-dealkylation sites (N-methyl/N-ethyl adjacent to an activating group) is 1. The summed E-state index contributed by atoms with van der Waals surface area (Å²) in [5.41, 5.74) is 3.28. The molecule has 4 rings (SSSR count). The van der Waals surface area contributed by atoms with Gasteiger partial charge in [-0.1, -0.05) is 12.1 Å². The van der Waals surface area contributed by atoms with Gasteiger partial charge in [-0.25, -0.2) is 9.97 Å². The Morgan fingerprint density at radius 1 is 1.32 bits per heavy atom. The minimum absolute atomic E-state index is 0.200. The molecule has 1 aliphatic heterocycles. The summed E-state index contributed by atoms with van der Waals surface area (Å²) in [7, 11) is 1.79. The Labute approximate surface area is 181 Å². The maximum Gasteiger partial charge on any atom is 0.162 e. The maximum atomic E-state index is 9.90. The molecular weight excluding hydrogens is 396 g/mol. The minimum Gasteiger partial charge on any atom is -0.491 e. The number of anilines is 1. The van der Waals surface area contributed by atoms with Gasteiger partial charge in [0.1, 0.15) is 30.0 Å². The maximum absolute atomic E-state index is 9.90. The first-order valence-corrected chi connectivity index (χ1v) is 10.4. The quantitative estimate of drug-likeness (QED) is 0.412. The number of nitrogens with one attached hydrogen (secondary N) is 3. The minimum atomic E-state index is -0.583. The molecule has 164 valence electrons. The van der Waals surface area contributed by atoms with Gasteiger partial charge in [-0.15, -0.1) is 0 Å². The lowest BCUT2D eigenvalue weighted by molar-refractivity contribution is 0.108. The van der Waals surface area contributed by atoms with E-state index in [1.165, 1.54) is 0 Å². The molecule has 0 spiro atoms. The second-order valence-electron chi connectivity index (χ2n) is 7.58. The molecule has 0 radical (unpaired) electrons. The van der Waals surface area contributed by atoms with Gasteiger partial charge in [-0.3, -0.25) is 5.10 Å². The number of hydrogen-bond acceptors (Lipinski definition) is 8. The molecular formula is C22H28N6O3. The Balaban J connectivity index is 1.65. The van der Waals surface area contributed by atoms with E-state index in [2.05, 4.69) is 20.8 Å². The summed E-state index contributed by atoms with van der Waals surface area (Å²) in [6, 6.07) is 9.69. The topological polar surface area (TPSA) is 117 Å². The number of H-pyrrole nitrogens is 1. The van der Waals surface area contributed by atoms with E-state index in [-0.39, 0.29) is 12.6 Å². The lowest BCUT2D eigenvalue weighted by atomic mass is 10.1. The number of aliphatic hydroxyl groups is 1. The summed E-state index contributed by atoms with van der Waals surface area (Å²) < 4.78 is 11.3. The van der Waals surface area contributed by atoms with Crippen molar-refractivity contribution in [3.05, 3.63) is 42.1 Å². The zero-order chi connectivity index (χ0) is 21.6. The largest absolute Gasteiger partial charge is 0.491 e. The van der Waals surface area contributed by atoms with Crippen LogP contribution in [0.4, 0.5) is 5.82 Å². The van der Waals surface area contributed by atoms with E-state index in [0.717, 1.165) is 41.4 Å². The molecule has 3 aromatic rings. The SMILES string of the molecule is CNCC(O)COc1cccc(-c2nc(N[C@@H]3CCOC3)c(C)c(-c3cc[nH]n3)n2)c1. The fourth-order valence-corrected chi connectivity index (χ4v) is 3.48. The van der Waals surface area contributed by atoms with Crippen molar-refractivity contribution in [1.29, 1.82) is 0 Å². The van der Waals surface area contributed by atoms with Crippen LogP contribution < -0.4 is 15.4 Å². The second-order valence-corrected chi connectivity index (χ2v) is 7.58. The number of rotatable bonds is 9. The van der Waals surface area contributed by atoms with Gasteiger partial charge >= 0.3 is 0 Å². The predicted octanol–water partition coefficient (Wildman–Crippen LogP) is 2.00. The van der Waals surface area contributed by atoms with Gasteiger partial charge in [0.15, 0.2) is 5.82 Å². The van der Waals surface area contributed by atoms with Crippen molar-refractivity contribution in [3.8, 4) is 28.5 Å².